The van der Waals surface area contributed by atoms with Crippen molar-refractivity contribution >= 4 is 29.4 Å². The number of alkyl halides is 1. The fourth-order valence-electron chi connectivity index (χ4n) is 1.89. The van der Waals surface area contributed by atoms with Crippen molar-refractivity contribution in [2.75, 3.05) is 12.2 Å². The number of ether oxygens (including phenoxy) is 1. The van der Waals surface area contributed by atoms with Crippen LogP contribution < -0.4 is 15.4 Å². The molecule has 2 rings (SSSR count). The van der Waals surface area contributed by atoms with Crippen molar-refractivity contribution in [1.82, 2.24) is 20.3 Å². The Kier molecular flexibility index (Phi) is 6.18. The molecule has 2 aromatic rings. The topological polar surface area (TPSA) is 106 Å². The first-order chi connectivity index (χ1) is 11.9. The summed E-state index contributed by atoms with van der Waals surface area (Å²) in [5.41, 5.74) is 0.683. The maximum atomic E-state index is 12.3. The summed E-state index contributed by atoms with van der Waals surface area (Å²) in [7, 11) is 0. The highest BCUT2D eigenvalue weighted by molar-refractivity contribution is 6.31. The third kappa shape index (κ3) is 5.08. The van der Waals surface area contributed by atoms with Gasteiger partial charge in [0.25, 0.3) is 5.91 Å². The molecule has 0 saturated heterocycles. The zero-order valence-electron chi connectivity index (χ0n) is 13.4. The lowest BCUT2D eigenvalue weighted by Gasteiger charge is -2.15. The van der Waals surface area contributed by atoms with Crippen LogP contribution in [0.25, 0.3) is 0 Å². The lowest BCUT2D eigenvalue weighted by molar-refractivity contribution is -0.114. The normalized spacial score (nSPS) is 11.5. The Labute approximate surface area is 147 Å². The minimum Gasteiger partial charge on any atom is -0.445 e. The van der Waals surface area contributed by atoms with Crippen molar-refractivity contribution in [3.63, 3.8) is 0 Å². The first-order valence-electron chi connectivity index (χ1n) is 7.16. The second kappa shape index (κ2) is 8.34. The van der Waals surface area contributed by atoms with Gasteiger partial charge in [0.1, 0.15) is 10.7 Å². The molecule has 2 amide bonds. The second-order valence-corrected chi connectivity index (χ2v) is 5.36. The molecule has 0 bridgehead atoms. The van der Waals surface area contributed by atoms with Gasteiger partial charge >= 0.3 is 0 Å². The number of carbonyl (C=O) groups is 2. The molecule has 2 aromatic heterocycles. The van der Waals surface area contributed by atoms with Crippen LogP contribution in [0.1, 0.15) is 35.9 Å². The van der Waals surface area contributed by atoms with E-state index in [4.69, 9.17) is 11.6 Å². The van der Waals surface area contributed by atoms with E-state index in [0.29, 0.717) is 5.56 Å². The minimum absolute atomic E-state index is 0.0257. The fourth-order valence-corrected chi connectivity index (χ4v) is 2.12. The molecule has 2 N–H and O–H groups in total. The molecule has 0 spiro atoms. The van der Waals surface area contributed by atoms with Crippen LogP contribution in [0.15, 0.2) is 24.5 Å². The molecule has 0 radical (unpaired) electrons. The molecule has 1 atom stereocenters. The standard InChI is InChI=1S/C15H15ClFN5O3/c1-8(10-5-11(16)14(19-6-10)25-7-17)20-13(24)12-3-4-18-15(22-12)21-9(2)23/h3-6,8H,7H2,1-2H3,(H,20,24)(H,18,21,22,23). The number of aromatic nitrogens is 3. The van der Waals surface area contributed by atoms with Crippen LogP contribution >= 0.6 is 11.6 Å². The zero-order valence-corrected chi connectivity index (χ0v) is 14.2. The van der Waals surface area contributed by atoms with Crippen molar-refractivity contribution in [3.05, 3.63) is 40.8 Å². The number of amides is 2. The highest BCUT2D eigenvalue weighted by atomic mass is 35.5. The molecule has 0 aliphatic carbocycles. The lowest BCUT2D eigenvalue weighted by atomic mass is 10.1. The quantitative estimate of drug-likeness (QED) is 0.811. The van der Waals surface area contributed by atoms with Gasteiger partial charge < -0.3 is 10.1 Å². The molecule has 8 nitrogen and oxygen atoms in total. The molecule has 0 aliphatic rings. The summed E-state index contributed by atoms with van der Waals surface area (Å²) < 4.78 is 16.8. The van der Waals surface area contributed by atoms with Gasteiger partial charge in [-0.2, -0.15) is 0 Å². The van der Waals surface area contributed by atoms with Crippen LogP contribution in [0.4, 0.5) is 10.3 Å². The number of hydrogen-bond donors (Lipinski definition) is 2. The first-order valence-corrected chi connectivity index (χ1v) is 7.54. The number of nitrogens with one attached hydrogen (secondary N) is 2. The molecular weight excluding hydrogens is 353 g/mol. The number of nitrogens with zero attached hydrogens (tertiary/aromatic N) is 3. The average molecular weight is 368 g/mol. The van der Waals surface area contributed by atoms with Gasteiger partial charge in [-0.25, -0.2) is 19.3 Å². The van der Waals surface area contributed by atoms with Crippen LogP contribution in [0.2, 0.25) is 5.02 Å². The van der Waals surface area contributed by atoms with Crippen molar-refractivity contribution in [3.8, 4) is 5.88 Å². The highest BCUT2D eigenvalue weighted by Gasteiger charge is 2.15. The van der Waals surface area contributed by atoms with Gasteiger partial charge in [0.15, 0.2) is 0 Å². The first kappa shape index (κ1) is 18.5. The number of halogens is 2. The molecule has 0 saturated carbocycles. The number of rotatable bonds is 6. The largest absolute Gasteiger partial charge is 0.445 e. The number of carbonyl (C=O) groups excluding carboxylic acids is 2. The van der Waals surface area contributed by atoms with Crippen LogP contribution in [0.3, 0.4) is 0 Å². The highest BCUT2D eigenvalue weighted by Crippen LogP contribution is 2.25. The molecule has 0 aliphatic heterocycles. The van der Waals surface area contributed by atoms with E-state index < -0.39 is 18.8 Å². The van der Waals surface area contributed by atoms with E-state index >= 15 is 0 Å². The average Bonchev–Trinajstić information content (AvgIpc) is 2.56. The Bertz CT molecular complexity index is 790. The monoisotopic (exact) mass is 367 g/mol. The molecular formula is C15H15ClFN5O3. The Hall–Kier alpha value is -2.81. The number of anilines is 1. The van der Waals surface area contributed by atoms with Crippen molar-refractivity contribution in [2.24, 2.45) is 0 Å². The molecule has 0 fully saturated rings. The predicted octanol–water partition coefficient (Wildman–Crippen LogP) is 2.28. The van der Waals surface area contributed by atoms with Gasteiger partial charge in [-0.3, -0.25) is 14.9 Å². The van der Waals surface area contributed by atoms with E-state index in [1.807, 2.05) is 0 Å². The van der Waals surface area contributed by atoms with Gasteiger partial charge in [0, 0.05) is 19.3 Å². The Morgan fingerprint density at radius 1 is 1.40 bits per heavy atom. The van der Waals surface area contributed by atoms with Gasteiger partial charge in [0.05, 0.1) is 6.04 Å². The van der Waals surface area contributed by atoms with E-state index in [1.165, 1.54) is 31.5 Å². The fraction of sp³-hybridized carbons (Fsp3) is 0.267. The summed E-state index contributed by atoms with van der Waals surface area (Å²) in [6, 6.07) is 2.49. The zero-order chi connectivity index (χ0) is 18.4. The molecule has 132 valence electrons. The van der Waals surface area contributed by atoms with Crippen LogP contribution in [0.5, 0.6) is 5.88 Å². The maximum Gasteiger partial charge on any atom is 0.270 e. The molecule has 2 heterocycles. The summed E-state index contributed by atoms with van der Waals surface area (Å²) in [5.74, 6) is -0.809. The smallest absolute Gasteiger partial charge is 0.270 e. The Morgan fingerprint density at radius 3 is 2.80 bits per heavy atom. The minimum atomic E-state index is -1.04. The van der Waals surface area contributed by atoms with Gasteiger partial charge in [-0.15, -0.1) is 0 Å². The van der Waals surface area contributed by atoms with Gasteiger partial charge in [-0.05, 0) is 24.6 Å². The van der Waals surface area contributed by atoms with E-state index in [1.54, 1.807) is 6.92 Å². The Balaban J connectivity index is 2.09. The number of pyridine rings is 1. The lowest BCUT2D eigenvalue weighted by Crippen LogP contribution is -2.28. The van der Waals surface area contributed by atoms with E-state index in [-0.39, 0.29) is 28.5 Å². The molecule has 1 unspecified atom stereocenters. The Morgan fingerprint density at radius 2 is 2.16 bits per heavy atom. The van der Waals surface area contributed by atoms with Crippen LogP contribution in [-0.2, 0) is 4.79 Å². The summed E-state index contributed by atoms with van der Waals surface area (Å²) in [6.07, 6.45) is 2.78. The third-order valence-electron chi connectivity index (χ3n) is 3.04. The molecule has 0 aromatic carbocycles. The third-order valence-corrected chi connectivity index (χ3v) is 3.31. The van der Waals surface area contributed by atoms with Crippen molar-refractivity contribution in [1.29, 1.82) is 0 Å². The van der Waals surface area contributed by atoms with Gasteiger partial charge in [0.2, 0.25) is 24.6 Å². The summed E-state index contributed by atoms with van der Waals surface area (Å²) in [5, 5.41) is 5.24. The maximum absolute atomic E-state index is 12.3. The SMILES string of the molecule is CC(=O)Nc1nccc(C(=O)NC(C)c2cnc(OCF)c(Cl)c2)n1. The molecule has 10 heteroatoms. The predicted molar refractivity (Wildman–Crippen MR) is 88.1 cm³/mol. The van der Waals surface area contributed by atoms with E-state index in [0.717, 1.165) is 0 Å². The summed E-state index contributed by atoms with van der Waals surface area (Å²) in [4.78, 5) is 35.0. The summed E-state index contributed by atoms with van der Waals surface area (Å²) >= 11 is 5.95. The van der Waals surface area contributed by atoms with Crippen molar-refractivity contribution in [2.45, 2.75) is 19.9 Å². The van der Waals surface area contributed by atoms with Crippen LogP contribution in [0, 0.1) is 0 Å². The van der Waals surface area contributed by atoms with E-state index in [2.05, 4.69) is 30.3 Å². The van der Waals surface area contributed by atoms with Crippen molar-refractivity contribution < 1.29 is 18.7 Å². The number of hydrogen-bond acceptors (Lipinski definition) is 6. The van der Waals surface area contributed by atoms with Crippen LogP contribution in [-0.4, -0.2) is 33.6 Å². The van der Waals surface area contributed by atoms with Gasteiger partial charge in [-0.1, -0.05) is 11.6 Å². The molecule has 25 heavy (non-hydrogen) atoms. The second-order valence-electron chi connectivity index (χ2n) is 4.95. The summed E-state index contributed by atoms with van der Waals surface area (Å²) in [6.45, 7) is 1.99. The van der Waals surface area contributed by atoms with E-state index in [9.17, 15) is 14.0 Å².